The molecule has 0 aromatic heterocycles. The first-order valence-corrected chi connectivity index (χ1v) is 3.71. The Balaban J connectivity index is 3.75. The first-order valence-electron chi connectivity index (χ1n) is 3.71. The highest BCUT2D eigenvalue weighted by Gasteiger charge is 2.20. The second-order valence-corrected chi connectivity index (χ2v) is 5.30. The van der Waals surface area contributed by atoms with Crippen molar-refractivity contribution in [2.24, 2.45) is 0 Å². The Hall–Kier alpha value is 0.130. The summed E-state index contributed by atoms with van der Waals surface area (Å²) < 4.78 is 0. The van der Waals surface area contributed by atoms with E-state index < -0.39 is 0 Å². The van der Waals surface area contributed by atoms with E-state index in [1.807, 2.05) is 0 Å². The molecule has 0 aromatic carbocycles. The molecular formula is C7H18B2. The summed E-state index contributed by atoms with van der Waals surface area (Å²) in [5.41, 5.74) is 0. The summed E-state index contributed by atoms with van der Waals surface area (Å²) in [4.78, 5) is 0. The smallest absolute Gasteiger partial charge is 0.0672 e. The fourth-order valence-corrected chi connectivity index (χ4v) is 1.59. The Labute approximate surface area is 61.2 Å². The van der Waals surface area contributed by atoms with Crippen LogP contribution < -0.4 is 0 Å². The maximum absolute atomic E-state index is 2.29. The van der Waals surface area contributed by atoms with Gasteiger partial charge in [-0.25, -0.2) is 0 Å². The molecule has 52 valence electrons. The third kappa shape index (κ3) is 8.13. The van der Waals surface area contributed by atoms with Crippen LogP contribution in [-0.4, -0.2) is 15.7 Å². The number of hydrogen-bond acceptors (Lipinski definition) is 0. The molecule has 0 saturated carbocycles. The Morgan fingerprint density at radius 1 is 0.889 bits per heavy atom. The molecule has 2 heteroatoms. The minimum Gasteiger partial charge on any atom is -0.0672 e. The van der Waals surface area contributed by atoms with Crippen molar-refractivity contribution in [3.05, 3.63) is 0 Å². The third-order valence-corrected chi connectivity index (χ3v) is 1.06. The van der Waals surface area contributed by atoms with Gasteiger partial charge in [0, 0.05) is 0 Å². The van der Waals surface area contributed by atoms with Gasteiger partial charge in [0.1, 0.15) is 15.7 Å². The van der Waals surface area contributed by atoms with Crippen molar-refractivity contribution < 1.29 is 0 Å². The Morgan fingerprint density at radius 3 is 1.11 bits per heavy atom. The third-order valence-electron chi connectivity index (χ3n) is 1.06. The summed E-state index contributed by atoms with van der Waals surface area (Å²) in [7, 11) is 4.58. The van der Waals surface area contributed by atoms with Crippen LogP contribution in [0.25, 0.3) is 0 Å². The molecule has 0 N–H and O–H groups in total. The van der Waals surface area contributed by atoms with E-state index in [0.29, 0.717) is 10.6 Å². The van der Waals surface area contributed by atoms with Gasteiger partial charge in [-0.1, -0.05) is 44.7 Å². The lowest BCUT2D eigenvalue weighted by Crippen LogP contribution is -2.12. The van der Waals surface area contributed by atoms with Crippen LogP contribution in [0.15, 0.2) is 0 Å². The van der Waals surface area contributed by atoms with Crippen molar-refractivity contribution in [3.8, 4) is 0 Å². The molecule has 0 amide bonds. The van der Waals surface area contributed by atoms with E-state index in [2.05, 4.69) is 43.4 Å². The molecule has 9 heavy (non-hydrogen) atoms. The maximum atomic E-state index is 2.29. The standard InChI is InChI=1S/C7H18B2/c1-6(2,8)5-7(3,4)9/h5,8-9H2,1-4H3. The lowest BCUT2D eigenvalue weighted by molar-refractivity contribution is 0.504. The van der Waals surface area contributed by atoms with Gasteiger partial charge in [-0.3, -0.25) is 0 Å². The molecule has 0 atom stereocenters. The van der Waals surface area contributed by atoms with Crippen LogP contribution in [0.3, 0.4) is 0 Å². The Morgan fingerprint density at radius 2 is 1.11 bits per heavy atom. The largest absolute Gasteiger partial charge is 0.108 e. The molecule has 0 aliphatic heterocycles. The maximum Gasteiger partial charge on any atom is 0.108 e. The summed E-state index contributed by atoms with van der Waals surface area (Å²) in [6, 6.07) is 0. The van der Waals surface area contributed by atoms with E-state index in [1.54, 1.807) is 0 Å². The summed E-state index contributed by atoms with van der Waals surface area (Å²) in [6.07, 6.45) is 1.29. The van der Waals surface area contributed by atoms with Gasteiger partial charge in [0.2, 0.25) is 0 Å². The molecule has 0 aromatic rings. The van der Waals surface area contributed by atoms with Crippen LogP contribution >= 0.6 is 0 Å². The first-order chi connectivity index (χ1) is 3.71. The van der Waals surface area contributed by atoms with E-state index in [4.69, 9.17) is 0 Å². The molecule has 0 fully saturated rings. The van der Waals surface area contributed by atoms with Crippen molar-refractivity contribution in [1.29, 1.82) is 0 Å². The molecule has 0 spiro atoms. The lowest BCUT2D eigenvalue weighted by Gasteiger charge is -2.28. The Bertz CT molecular complexity index is 72.1. The fourth-order valence-electron chi connectivity index (χ4n) is 1.59. The van der Waals surface area contributed by atoms with Crippen LogP contribution in [0.4, 0.5) is 0 Å². The molecule has 0 bridgehead atoms. The molecule has 0 aliphatic rings. The lowest BCUT2D eigenvalue weighted by atomic mass is 9.57. The molecule has 0 radical (unpaired) electrons. The van der Waals surface area contributed by atoms with Crippen molar-refractivity contribution in [1.82, 2.24) is 0 Å². The topological polar surface area (TPSA) is 0 Å². The van der Waals surface area contributed by atoms with Crippen molar-refractivity contribution >= 4 is 15.7 Å². The monoisotopic (exact) mass is 124 g/mol. The number of hydrogen-bond donors (Lipinski definition) is 0. The van der Waals surface area contributed by atoms with Crippen LogP contribution in [-0.2, 0) is 0 Å². The predicted molar refractivity (Wildman–Crippen MR) is 49.8 cm³/mol. The molecule has 0 heterocycles. The van der Waals surface area contributed by atoms with Gasteiger partial charge < -0.3 is 0 Å². The molecular weight excluding hydrogens is 106 g/mol. The summed E-state index contributed by atoms with van der Waals surface area (Å²) in [6.45, 7) is 9.16. The van der Waals surface area contributed by atoms with Crippen molar-refractivity contribution in [2.75, 3.05) is 0 Å². The van der Waals surface area contributed by atoms with E-state index in [-0.39, 0.29) is 0 Å². The SMILES string of the molecule is BC(C)(C)CC(B)(C)C. The summed E-state index contributed by atoms with van der Waals surface area (Å²) >= 11 is 0. The van der Waals surface area contributed by atoms with Crippen molar-refractivity contribution in [2.45, 2.75) is 44.7 Å². The Kier molecular flexibility index (Phi) is 2.43. The van der Waals surface area contributed by atoms with Gasteiger partial charge in [0.05, 0.1) is 0 Å². The van der Waals surface area contributed by atoms with Crippen LogP contribution in [0, 0.1) is 0 Å². The molecule has 0 unspecified atom stereocenters. The molecule has 0 rings (SSSR count). The highest BCUT2D eigenvalue weighted by Crippen LogP contribution is 2.38. The van der Waals surface area contributed by atoms with Crippen molar-refractivity contribution in [3.63, 3.8) is 0 Å². The average Bonchev–Trinajstić information content (AvgIpc) is 1.14. The van der Waals surface area contributed by atoms with E-state index in [1.165, 1.54) is 6.42 Å². The summed E-state index contributed by atoms with van der Waals surface area (Å²) in [5.74, 6) is 0. The minimum atomic E-state index is 0.484. The molecule has 0 aliphatic carbocycles. The minimum absolute atomic E-state index is 0.484. The zero-order valence-electron chi connectivity index (χ0n) is 7.71. The predicted octanol–water partition coefficient (Wildman–Crippen LogP) is 1.04. The average molecular weight is 124 g/mol. The van der Waals surface area contributed by atoms with Gasteiger partial charge in [-0.15, -0.1) is 0 Å². The van der Waals surface area contributed by atoms with Gasteiger partial charge in [0.15, 0.2) is 0 Å². The van der Waals surface area contributed by atoms with Gasteiger partial charge in [-0.05, 0) is 0 Å². The second kappa shape index (κ2) is 2.40. The van der Waals surface area contributed by atoms with Crippen LogP contribution in [0.1, 0.15) is 34.1 Å². The zero-order valence-corrected chi connectivity index (χ0v) is 7.71. The van der Waals surface area contributed by atoms with Gasteiger partial charge in [-0.2, -0.15) is 0 Å². The van der Waals surface area contributed by atoms with Crippen LogP contribution in [0.5, 0.6) is 0 Å². The molecule has 0 nitrogen and oxygen atoms in total. The zero-order chi connectivity index (χ0) is 7.71. The van der Waals surface area contributed by atoms with E-state index in [0.717, 1.165) is 0 Å². The first kappa shape index (κ1) is 9.13. The van der Waals surface area contributed by atoms with E-state index in [9.17, 15) is 0 Å². The summed E-state index contributed by atoms with van der Waals surface area (Å²) in [5, 5.41) is 0.969. The normalized spacial score (nSPS) is 13.8. The van der Waals surface area contributed by atoms with Crippen LogP contribution in [0.2, 0.25) is 10.6 Å². The highest BCUT2D eigenvalue weighted by molar-refractivity contribution is 6.18. The quantitative estimate of drug-likeness (QED) is 0.482. The molecule has 0 saturated heterocycles. The van der Waals surface area contributed by atoms with Gasteiger partial charge >= 0.3 is 0 Å². The second-order valence-electron chi connectivity index (χ2n) is 5.30. The fraction of sp³-hybridized carbons (Fsp3) is 1.00. The highest BCUT2D eigenvalue weighted by atomic mass is 14.2. The van der Waals surface area contributed by atoms with E-state index >= 15 is 0 Å². The van der Waals surface area contributed by atoms with Gasteiger partial charge in [0.25, 0.3) is 0 Å². The number of rotatable bonds is 2.